The van der Waals surface area contributed by atoms with Crippen LogP contribution in [0.3, 0.4) is 0 Å². The Bertz CT molecular complexity index is 228. The number of alkyl halides is 3. The van der Waals surface area contributed by atoms with E-state index in [9.17, 15) is 18.0 Å². The van der Waals surface area contributed by atoms with Gasteiger partial charge in [-0.3, -0.25) is 4.79 Å². The van der Waals surface area contributed by atoms with Crippen molar-refractivity contribution in [2.45, 2.75) is 6.18 Å². The third-order valence-electron chi connectivity index (χ3n) is 1.16. The van der Waals surface area contributed by atoms with Crippen LogP contribution in [0.2, 0.25) is 0 Å². The summed E-state index contributed by atoms with van der Waals surface area (Å²) in [5.74, 6) is 0. The van der Waals surface area contributed by atoms with Gasteiger partial charge in [0.05, 0.1) is 5.57 Å². The molecule has 5 heteroatoms. The van der Waals surface area contributed by atoms with Crippen molar-refractivity contribution in [2.24, 2.45) is 0 Å². The molecule has 11 heavy (non-hydrogen) atoms. The van der Waals surface area contributed by atoms with E-state index in [-0.39, 0.29) is 0 Å². The van der Waals surface area contributed by atoms with Crippen LogP contribution < -0.4 is 0 Å². The lowest BCUT2D eigenvalue weighted by molar-refractivity contribution is -0.0878. The maximum atomic E-state index is 11.8. The predicted molar refractivity (Wildman–Crippen MR) is 39.0 cm³/mol. The van der Waals surface area contributed by atoms with Crippen molar-refractivity contribution in [2.75, 3.05) is 0 Å². The summed E-state index contributed by atoms with van der Waals surface area (Å²) in [5.41, 5.74) is -0.180. The zero-order chi connectivity index (χ0) is 8.48. The third-order valence-corrected chi connectivity index (χ3v) is 2.48. The normalized spacial score (nSPS) is 26.8. The van der Waals surface area contributed by atoms with E-state index < -0.39 is 22.6 Å². The lowest BCUT2D eigenvalue weighted by atomic mass is 10.3. The molecule has 1 heterocycles. The van der Waals surface area contributed by atoms with Crippen LogP contribution in [0.1, 0.15) is 0 Å². The minimum absolute atomic E-state index is 0.532. The minimum atomic E-state index is -4.31. The van der Waals surface area contributed by atoms with Crippen molar-refractivity contribution in [3.63, 3.8) is 0 Å². The summed E-state index contributed by atoms with van der Waals surface area (Å²) >= 11 is 0. The summed E-state index contributed by atoms with van der Waals surface area (Å²) < 4.78 is 35.5. The standard InChI is InChI=1S/C6H5F3OS/c7-6(8,9)5-1-2-11(3-5)4-10/h1-4,11H. The van der Waals surface area contributed by atoms with Crippen LogP contribution in [0.15, 0.2) is 22.5 Å². The fraction of sp³-hybridized carbons (Fsp3) is 0.167. The van der Waals surface area contributed by atoms with Gasteiger partial charge in [0, 0.05) is 0 Å². The highest BCUT2D eigenvalue weighted by atomic mass is 32.2. The summed E-state index contributed by atoms with van der Waals surface area (Å²) in [6.07, 6.45) is -3.36. The van der Waals surface area contributed by atoms with Crippen LogP contribution in [-0.2, 0) is 4.79 Å². The van der Waals surface area contributed by atoms with Crippen LogP contribution in [0.4, 0.5) is 13.2 Å². The van der Waals surface area contributed by atoms with Gasteiger partial charge in [0.2, 0.25) is 0 Å². The van der Waals surface area contributed by atoms with E-state index in [1.54, 1.807) is 0 Å². The Morgan fingerprint density at radius 3 is 2.36 bits per heavy atom. The molecule has 0 saturated carbocycles. The Labute approximate surface area is 63.9 Å². The van der Waals surface area contributed by atoms with Crippen LogP contribution in [0, 0.1) is 0 Å². The average molecular weight is 182 g/mol. The third kappa shape index (κ3) is 1.86. The van der Waals surface area contributed by atoms with Crippen LogP contribution in [0.25, 0.3) is 0 Å². The van der Waals surface area contributed by atoms with E-state index in [2.05, 4.69) is 0 Å². The van der Waals surface area contributed by atoms with Gasteiger partial charge in [-0.2, -0.15) is 24.1 Å². The highest BCUT2D eigenvalue weighted by Gasteiger charge is 2.33. The molecule has 0 radical (unpaired) electrons. The fourth-order valence-electron chi connectivity index (χ4n) is 0.646. The maximum absolute atomic E-state index is 11.8. The summed E-state index contributed by atoms with van der Waals surface area (Å²) in [6.45, 7) is 0. The van der Waals surface area contributed by atoms with Crippen molar-refractivity contribution in [1.29, 1.82) is 0 Å². The molecule has 1 unspecified atom stereocenters. The molecule has 1 atom stereocenters. The molecule has 0 fully saturated rings. The van der Waals surface area contributed by atoms with Gasteiger partial charge >= 0.3 is 6.18 Å². The van der Waals surface area contributed by atoms with Crippen molar-refractivity contribution >= 4 is 16.5 Å². The SMILES string of the molecule is O=C[SH]1C=CC(C(F)(F)F)=C1. The average Bonchev–Trinajstić information content (AvgIpc) is 2.32. The summed E-state index contributed by atoms with van der Waals surface area (Å²) in [5, 5.41) is 2.24. The first-order chi connectivity index (χ1) is 5.04. The number of thiol groups is 1. The highest BCUT2D eigenvalue weighted by Crippen LogP contribution is 2.39. The van der Waals surface area contributed by atoms with E-state index in [4.69, 9.17) is 0 Å². The number of hydrogen-bond donors (Lipinski definition) is 1. The van der Waals surface area contributed by atoms with E-state index in [1.807, 2.05) is 0 Å². The molecular formula is C6H5F3OS. The second-order valence-electron chi connectivity index (χ2n) is 1.95. The Kier molecular flexibility index (Phi) is 2.08. The largest absolute Gasteiger partial charge is 0.416 e. The number of carbonyl (C=O) groups is 1. The van der Waals surface area contributed by atoms with Crippen molar-refractivity contribution in [3.05, 3.63) is 22.5 Å². The molecule has 0 aliphatic carbocycles. The van der Waals surface area contributed by atoms with Gasteiger partial charge in [-0.1, -0.05) is 0 Å². The van der Waals surface area contributed by atoms with Crippen molar-refractivity contribution < 1.29 is 18.0 Å². The van der Waals surface area contributed by atoms with E-state index >= 15 is 0 Å². The summed E-state index contributed by atoms with van der Waals surface area (Å²) in [7, 11) is -1.29. The number of carbonyl (C=O) groups excluding carboxylic acids is 1. The van der Waals surface area contributed by atoms with E-state index in [0.29, 0.717) is 5.62 Å². The zero-order valence-corrected chi connectivity index (χ0v) is 6.19. The molecule has 1 nitrogen and oxygen atoms in total. The van der Waals surface area contributed by atoms with Crippen molar-refractivity contribution in [3.8, 4) is 0 Å². The molecule has 0 amide bonds. The number of hydrogen-bond acceptors (Lipinski definition) is 1. The van der Waals surface area contributed by atoms with Crippen LogP contribution >= 0.6 is 10.9 Å². The molecule has 0 aromatic rings. The van der Waals surface area contributed by atoms with Gasteiger partial charge < -0.3 is 0 Å². The molecule has 0 N–H and O–H groups in total. The van der Waals surface area contributed by atoms with Gasteiger partial charge in [-0.05, 0) is 16.9 Å². The lowest BCUT2D eigenvalue weighted by Gasteiger charge is -2.03. The maximum Gasteiger partial charge on any atom is 0.416 e. The molecule has 0 spiro atoms. The Hall–Kier alpha value is -0.710. The predicted octanol–water partition coefficient (Wildman–Crippen LogP) is 2.15. The molecular weight excluding hydrogens is 177 g/mol. The molecule has 62 valence electrons. The Morgan fingerprint density at radius 1 is 1.45 bits per heavy atom. The highest BCUT2D eigenvalue weighted by molar-refractivity contribution is 8.33. The first-order valence-electron chi connectivity index (χ1n) is 2.74. The Morgan fingerprint density at radius 2 is 2.09 bits per heavy atom. The second kappa shape index (κ2) is 2.73. The molecule has 0 saturated heterocycles. The molecule has 1 aliphatic heterocycles. The fourth-order valence-corrected chi connectivity index (χ4v) is 1.75. The number of allylic oxidation sites excluding steroid dienone is 2. The molecule has 0 bridgehead atoms. The second-order valence-corrected chi connectivity index (χ2v) is 3.61. The topological polar surface area (TPSA) is 17.1 Å². The molecule has 1 aliphatic rings. The minimum Gasteiger partial charge on any atom is -0.292 e. The van der Waals surface area contributed by atoms with E-state index in [1.165, 1.54) is 5.41 Å². The van der Waals surface area contributed by atoms with Gasteiger partial charge in [0.15, 0.2) is 5.62 Å². The first-order valence-corrected chi connectivity index (χ1v) is 4.29. The molecule has 0 aromatic heterocycles. The first kappa shape index (κ1) is 8.39. The van der Waals surface area contributed by atoms with Crippen LogP contribution in [-0.4, -0.2) is 11.8 Å². The molecule has 0 aromatic carbocycles. The van der Waals surface area contributed by atoms with Gasteiger partial charge in [0.1, 0.15) is 0 Å². The van der Waals surface area contributed by atoms with E-state index in [0.717, 1.165) is 11.5 Å². The van der Waals surface area contributed by atoms with Crippen LogP contribution in [0.5, 0.6) is 0 Å². The van der Waals surface area contributed by atoms with Crippen molar-refractivity contribution in [1.82, 2.24) is 0 Å². The number of halogens is 3. The quantitative estimate of drug-likeness (QED) is 0.485. The lowest BCUT2D eigenvalue weighted by Crippen LogP contribution is -2.08. The summed E-state index contributed by atoms with van der Waals surface area (Å²) in [4.78, 5) is 10.0. The molecule has 1 rings (SSSR count). The summed E-state index contributed by atoms with van der Waals surface area (Å²) in [6, 6.07) is 0. The smallest absolute Gasteiger partial charge is 0.292 e. The number of rotatable bonds is 1. The van der Waals surface area contributed by atoms with Gasteiger partial charge in [0.25, 0.3) is 0 Å². The Balaban J connectivity index is 2.79. The zero-order valence-electron chi connectivity index (χ0n) is 5.30. The monoisotopic (exact) mass is 182 g/mol. The van der Waals surface area contributed by atoms with Gasteiger partial charge in [-0.15, -0.1) is 0 Å². The van der Waals surface area contributed by atoms with Gasteiger partial charge in [-0.25, -0.2) is 0 Å².